The molecule has 0 radical (unpaired) electrons. The van der Waals surface area contributed by atoms with E-state index in [-0.39, 0.29) is 12.8 Å². The van der Waals surface area contributed by atoms with E-state index in [1.54, 1.807) is 0 Å². The quantitative estimate of drug-likeness (QED) is 0.359. The number of carboxylic acids is 2. The van der Waals surface area contributed by atoms with Gasteiger partial charge in [-0.3, -0.25) is 9.59 Å². The van der Waals surface area contributed by atoms with Crippen molar-refractivity contribution in [3.63, 3.8) is 0 Å². The number of hydrogen-bond acceptors (Lipinski definition) is 2. The second kappa shape index (κ2) is 20.9. The predicted molar refractivity (Wildman–Crippen MR) is 95.9 cm³/mol. The van der Waals surface area contributed by atoms with Crippen LogP contribution in [-0.4, -0.2) is 22.2 Å². The van der Waals surface area contributed by atoms with Crippen molar-refractivity contribution < 1.29 is 19.8 Å². The molecule has 4 nitrogen and oxygen atoms in total. The van der Waals surface area contributed by atoms with Crippen molar-refractivity contribution in [1.82, 2.24) is 0 Å². The number of hydrogen-bond donors (Lipinski definition) is 2. The summed E-state index contributed by atoms with van der Waals surface area (Å²) in [5, 5.41) is 16.7. The lowest BCUT2D eigenvalue weighted by atomic mass is 10.1. The Morgan fingerprint density at radius 3 is 1.04 bits per heavy atom. The summed E-state index contributed by atoms with van der Waals surface area (Å²) in [7, 11) is 0. The summed E-state index contributed by atoms with van der Waals surface area (Å²) < 4.78 is 0. The van der Waals surface area contributed by atoms with E-state index in [1.807, 2.05) is 0 Å². The number of rotatable bonds is 15. The Kier molecular flexibility index (Phi) is 22.0. The molecular formula is C19H38O4. The van der Waals surface area contributed by atoms with Gasteiger partial charge in [0.1, 0.15) is 0 Å². The van der Waals surface area contributed by atoms with Gasteiger partial charge in [-0.2, -0.15) is 0 Å². The monoisotopic (exact) mass is 330 g/mol. The first-order chi connectivity index (χ1) is 11.0. The molecule has 23 heavy (non-hydrogen) atoms. The first-order valence-corrected chi connectivity index (χ1v) is 9.48. The largest absolute Gasteiger partial charge is 0.481 e. The summed E-state index contributed by atoms with van der Waals surface area (Å²) >= 11 is 0. The van der Waals surface area contributed by atoms with Crippen LogP contribution in [0.1, 0.15) is 110 Å². The van der Waals surface area contributed by atoms with Crippen LogP contribution in [0.2, 0.25) is 0 Å². The zero-order valence-corrected chi connectivity index (χ0v) is 15.3. The second-order valence-corrected chi connectivity index (χ2v) is 6.18. The van der Waals surface area contributed by atoms with E-state index < -0.39 is 11.9 Å². The van der Waals surface area contributed by atoms with Gasteiger partial charge in [0, 0.05) is 12.8 Å². The maximum atomic E-state index is 10.1. The fourth-order valence-electron chi connectivity index (χ4n) is 2.29. The van der Waals surface area contributed by atoms with Crippen molar-refractivity contribution in [2.45, 2.75) is 110 Å². The molecule has 0 amide bonds. The smallest absolute Gasteiger partial charge is 0.303 e. The minimum Gasteiger partial charge on any atom is -0.481 e. The molecule has 0 fully saturated rings. The Balaban J connectivity index is 0. The maximum Gasteiger partial charge on any atom is 0.303 e. The minimum atomic E-state index is -0.740. The van der Waals surface area contributed by atoms with Crippen LogP contribution in [0.4, 0.5) is 0 Å². The standard InChI is InChI=1S/C10H18O4.C9H20/c11-9(12)7-5-3-1-2-4-6-8-10(13)14;1-3-5-7-9-8-6-4-2/h1-8H2,(H,11,12)(H,13,14);3-9H2,1-2H3. The zero-order chi connectivity index (χ0) is 17.8. The molecule has 0 spiro atoms. The Labute approximate surface area is 142 Å². The van der Waals surface area contributed by atoms with Gasteiger partial charge in [-0.1, -0.05) is 84.5 Å². The van der Waals surface area contributed by atoms with Crippen molar-refractivity contribution in [3.8, 4) is 0 Å². The topological polar surface area (TPSA) is 74.6 Å². The average Bonchev–Trinajstić information content (AvgIpc) is 2.50. The van der Waals surface area contributed by atoms with Gasteiger partial charge in [-0.25, -0.2) is 0 Å². The average molecular weight is 331 g/mol. The van der Waals surface area contributed by atoms with Gasteiger partial charge >= 0.3 is 11.9 Å². The van der Waals surface area contributed by atoms with Gasteiger partial charge in [-0.15, -0.1) is 0 Å². The van der Waals surface area contributed by atoms with Crippen LogP contribution >= 0.6 is 0 Å². The molecule has 0 aliphatic carbocycles. The van der Waals surface area contributed by atoms with Crippen LogP contribution < -0.4 is 0 Å². The van der Waals surface area contributed by atoms with Crippen molar-refractivity contribution in [1.29, 1.82) is 0 Å². The molecule has 4 heteroatoms. The van der Waals surface area contributed by atoms with Crippen molar-refractivity contribution >= 4 is 11.9 Å². The van der Waals surface area contributed by atoms with Crippen LogP contribution in [0.25, 0.3) is 0 Å². The van der Waals surface area contributed by atoms with E-state index in [2.05, 4.69) is 13.8 Å². The summed E-state index contributed by atoms with van der Waals surface area (Å²) in [6, 6.07) is 0. The van der Waals surface area contributed by atoms with Crippen molar-refractivity contribution in [2.24, 2.45) is 0 Å². The molecule has 0 aromatic rings. The first-order valence-electron chi connectivity index (χ1n) is 9.48. The molecule has 0 saturated heterocycles. The summed E-state index contributed by atoms with van der Waals surface area (Å²) in [6.45, 7) is 4.53. The molecule has 0 aliphatic heterocycles. The Hall–Kier alpha value is -1.06. The minimum absolute atomic E-state index is 0.245. The van der Waals surface area contributed by atoms with Crippen LogP contribution in [0.15, 0.2) is 0 Å². The molecule has 2 N–H and O–H groups in total. The zero-order valence-electron chi connectivity index (χ0n) is 15.3. The molecule has 0 aromatic carbocycles. The molecule has 0 rings (SSSR count). The summed E-state index contributed by atoms with van der Waals surface area (Å²) in [4.78, 5) is 20.3. The van der Waals surface area contributed by atoms with Crippen LogP contribution in [-0.2, 0) is 9.59 Å². The predicted octanol–water partition coefficient (Wildman–Crippen LogP) is 6.03. The lowest BCUT2D eigenvalue weighted by Crippen LogP contribution is -1.94. The molecule has 0 saturated carbocycles. The third-order valence-electron chi connectivity index (χ3n) is 3.74. The Morgan fingerprint density at radius 2 is 0.783 bits per heavy atom. The molecule has 138 valence electrons. The van der Waals surface area contributed by atoms with E-state index in [0.29, 0.717) is 0 Å². The molecule has 0 aromatic heterocycles. The third-order valence-corrected chi connectivity index (χ3v) is 3.74. The highest BCUT2D eigenvalue weighted by atomic mass is 16.4. The van der Waals surface area contributed by atoms with Gasteiger partial charge in [0.15, 0.2) is 0 Å². The van der Waals surface area contributed by atoms with Gasteiger partial charge in [0.05, 0.1) is 0 Å². The molecule has 0 bridgehead atoms. The fourth-order valence-corrected chi connectivity index (χ4v) is 2.29. The van der Waals surface area contributed by atoms with Crippen molar-refractivity contribution in [2.75, 3.05) is 0 Å². The highest BCUT2D eigenvalue weighted by Crippen LogP contribution is 2.08. The maximum absolute atomic E-state index is 10.1. The molecule has 0 heterocycles. The number of carboxylic acid groups (broad SMARTS) is 2. The van der Waals surface area contributed by atoms with E-state index >= 15 is 0 Å². The molecule has 0 unspecified atom stereocenters. The van der Waals surface area contributed by atoms with Crippen LogP contribution in [0.5, 0.6) is 0 Å². The lowest BCUT2D eigenvalue weighted by Gasteiger charge is -1.98. The Bertz CT molecular complexity index is 238. The first kappa shape index (κ1) is 24.2. The SMILES string of the molecule is CCCCCCCCC.O=C(O)CCCCCCCCC(=O)O. The number of unbranched alkanes of at least 4 members (excludes halogenated alkanes) is 11. The van der Waals surface area contributed by atoms with E-state index in [0.717, 1.165) is 38.5 Å². The van der Waals surface area contributed by atoms with Crippen LogP contribution in [0, 0.1) is 0 Å². The fraction of sp³-hybridized carbons (Fsp3) is 0.895. The highest BCUT2D eigenvalue weighted by Gasteiger charge is 1.98. The molecular weight excluding hydrogens is 292 g/mol. The van der Waals surface area contributed by atoms with E-state index in [1.165, 1.54) is 44.9 Å². The summed E-state index contributed by atoms with van der Waals surface area (Å²) in [5.41, 5.74) is 0. The van der Waals surface area contributed by atoms with Gasteiger partial charge in [0.2, 0.25) is 0 Å². The summed E-state index contributed by atoms with van der Waals surface area (Å²) in [6.07, 6.45) is 15.8. The number of aliphatic carboxylic acids is 2. The normalized spacial score (nSPS) is 10.0. The molecule has 0 aliphatic rings. The van der Waals surface area contributed by atoms with Gasteiger partial charge in [-0.05, 0) is 12.8 Å². The Morgan fingerprint density at radius 1 is 0.522 bits per heavy atom. The van der Waals surface area contributed by atoms with Gasteiger partial charge in [0.25, 0.3) is 0 Å². The highest BCUT2D eigenvalue weighted by molar-refractivity contribution is 5.66. The van der Waals surface area contributed by atoms with E-state index in [4.69, 9.17) is 10.2 Å². The van der Waals surface area contributed by atoms with E-state index in [9.17, 15) is 9.59 Å². The lowest BCUT2D eigenvalue weighted by molar-refractivity contribution is -0.138. The molecule has 0 atom stereocenters. The van der Waals surface area contributed by atoms with Crippen molar-refractivity contribution in [3.05, 3.63) is 0 Å². The van der Waals surface area contributed by atoms with Crippen LogP contribution in [0.3, 0.4) is 0 Å². The number of carbonyl (C=O) groups is 2. The van der Waals surface area contributed by atoms with Gasteiger partial charge < -0.3 is 10.2 Å². The summed E-state index contributed by atoms with van der Waals surface area (Å²) in [5.74, 6) is -1.48. The second-order valence-electron chi connectivity index (χ2n) is 6.18. The third kappa shape index (κ3) is 29.6.